The summed E-state index contributed by atoms with van der Waals surface area (Å²) >= 11 is 0. The van der Waals surface area contributed by atoms with Gasteiger partial charge in [-0.1, -0.05) is 32.9 Å². The third kappa shape index (κ3) is 5.07. The fourth-order valence-corrected chi connectivity index (χ4v) is 2.71. The van der Waals surface area contributed by atoms with Gasteiger partial charge in [0, 0.05) is 6.42 Å². The van der Waals surface area contributed by atoms with Gasteiger partial charge >= 0.3 is 5.97 Å². The number of rotatable bonds is 5. The quantitative estimate of drug-likeness (QED) is 0.818. The van der Waals surface area contributed by atoms with Crippen molar-refractivity contribution in [3.63, 3.8) is 0 Å². The maximum atomic E-state index is 10.7. The summed E-state index contributed by atoms with van der Waals surface area (Å²) in [7, 11) is 0. The molecule has 0 fully saturated rings. The van der Waals surface area contributed by atoms with Crippen LogP contribution in [0.5, 0.6) is 0 Å². The summed E-state index contributed by atoms with van der Waals surface area (Å²) in [6.07, 6.45) is 2.66. The van der Waals surface area contributed by atoms with Crippen LogP contribution >= 0.6 is 0 Å². The van der Waals surface area contributed by atoms with Crippen LogP contribution in [-0.4, -0.2) is 22.4 Å². The first kappa shape index (κ1) is 15.0. The summed E-state index contributed by atoms with van der Waals surface area (Å²) in [5.74, 6) is -0.295. The lowest BCUT2D eigenvalue weighted by molar-refractivity contribution is -0.143. The second-order valence-electron chi connectivity index (χ2n) is 7.02. The van der Waals surface area contributed by atoms with Crippen LogP contribution in [0, 0.1) is 11.3 Å². The van der Waals surface area contributed by atoms with Crippen LogP contribution in [0.2, 0.25) is 0 Å². The van der Waals surface area contributed by atoms with Gasteiger partial charge in [0.2, 0.25) is 0 Å². The van der Waals surface area contributed by atoms with Gasteiger partial charge in [0.15, 0.2) is 5.60 Å². The van der Waals surface area contributed by atoms with Gasteiger partial charge in [0.05, 0.1) is 12.1 Å². The topological polar surface area (TPSA) is 58.9 Å². The molecule has 0 spiro atoms. The minimum Gasteiger partial charge on any atom is -0.481 e. The predicted octanol–water partition coefficient (Wildman–Crippen LogP) is 3.46. The van der Waals surface area contributed by atoms with Crippen molar-refractivity contribution in [1.29, 1.82) is 0 Å². The minimum atomic E-state index is -0.836. The lowest BCUT2D eigenvalue weighted by Crippen LogP contribution is -2.28. The summed E-state index contributed by atoms with van der Waals surface area (Å²) in [6, 6.07) is 0. The minimum absolute atomic E-state index is 0.00759. The Morgan fingerprint density at radius 1 is 1.56 bits per heavy atom. The summed E-state index contributed by atoms with van der Waals surface area (Å²) in [6.45, 7) is 10.7. The number of nitrogens with zero attached hydrogens (tertiary/aromatic N) is 1. The number of aliphatic carboxylic acids is 1. The van der Waals surface area contributed by atoms with Crippen molar-refractivity contribution in [2.75, 3.05) is 0 Å². The summed E-state index contributed by atoms with van der Waals surface area (Å²) in [4.78, 5) is 16.0. The highest BCUT2D eigenvalue weighted by atomic mass is 16.7. The maximum absolute atomic E-state index is 10.7. The first-order chi connectivity index (χ1) is 8.10. The van der Waals surface area contributed by atoms with E-state index in [9.17, 15) is 4.79 Å². The van der Waals surface area contributed by atoms with E-state index in [-0.39, 0.29) is 6.42 Å². The standard InChI is InChI=1S/C14H25NO3/c1-10(7-13(2,3)4)6-11-8-14(5,18-15-11)9-12(16)17/h10H,6-9H2,1-5H3,(H,16,17). The highest BCUT2D eigenvalue weighted by molar-refractivity contribution is 5.87. The second-order valence-corrected chi connectivity index (χ2v) is 7.02. The van der Waals surface area contributed by atoms with Gasteiger partial charge in [-0.15, -0.1) is 0 Å². The fraction of sp³-hybridized carbons (Fsp3) is 0.857. The molecule has 0 saturated carbocycles. The molecule has 2 atom stereocenters. The van der Waals surface area contributed by atoms with E-state index in [1.807, 2.05) is 6.92 Å². The number of carboxylic acid groups (broad SMARTS) is 1. The van der Waals surface area contributed by atoms with Crippen LogP contribution in [0.4, 0.5) is 0 Å². The Hall–Kier alpha value is -1.06. The molecule has 104 valence electrons. The van der Waals surface area contributed by atoms with Crippen molar-refractivity contribution in [3.05, 3.63) is 0 Å². The molecule has 0 aliphatic carbocycles. The van der Waals surface area contributed by atoms with Crippen LogP contribution in [0.15, 0.2) is 5.16 Å². The van der Waals surface area contributed by atoms with Gasteiger partial charge in [-0.25, -0.2) is 0 Å². The predicted molar refractivity (Wildman–Crippen MR) is 71.6 cm³/mol. The molecule has 0 bridgehead atoms. The van der Waals surface area contributed by atoms with Crippen molar-refractivity contribution < 1.29 is 14.7 Å². The third-order valence-electron chi connectivity index (χ3n) is 3.04. The highest BCUT2D eigenvalue weighted by Gasteiger charge is 2.36. The summed E-state index contributed by atoms with van der Waals surface area (Å²) in [5.41, 5.74) is 0.655. The van der Waals surface area contributed by atoms with E-state index in [0.717, 1.165) is 18.6 Å². The Morgan fingerprint density at radius 2 is 2.17 bits per heavy atom. The molecule has 1 heterocycles. The molecule has 0 aromatic heterocycles. The first-order valence-electron chi connectivity index (χ1n) is 6.55. The zero-order valence-electron chi connectivity index (χ0n) is 12.1. The molecule has 4 nitrogen and oxygen atoms in total. The second kappa shape index (κ2) is 5.29. The van der Waals surface area contributed by atoms with Crippen LogP contribution in [0.1, 0.15) is 60.3 Å². The molecule has 0 amide bonds. The normalized spacial score (nSPS) is 25.5. The molecule has 0 radical (unpaired) electrons. The van der Waals surface area contributed by atoms with E-state index >= 15 is 0 Å². The largest absolute Gasteiger partial charge is 0.481 e. The molecule has 4 heteroatoms. The average Bonchev–Trinajstić information content (AvgIpc) is 2.41. The number of hydrogen-bond donors (Lipinski definition) is 1. The third-order valence-corrected chi connectivity index (χ3v) is 3.04. The average molecular weight is 255 g/mol. The summed E-state index contributed by atoms with van der Waals surface area (Å²) < 4.78 is 0. The zero-order chi connectivity index (χ0) is 14.0. The maximum Gasteiger partial charge on any atom is 0.307 e. The lowest BCUT2D eigenvalue weighted by atomic mass is 9.82. The van der Waals surface area contributed by atoms with Crippen LogP contribution in [-0.2, 0) is 9.63 Å². The molecule has 0 aromatic rings. The van der Waals surface area contributed by atoms with E-state index < -0.39 is 11.6 Å². The van der Waals surface area contributed by atoms with Gasteiger partial charge in [-0.05, 0) is 31.1 Å². The molecule has 1 rings (SSSR count). The Morgan fingerprint density at radius 3 is 2.67 bits per heavy atom. The van der Waals surface area contributed by atoms with Gasteiger partial charge < -0.3 is 9.94 Å². The van der Waals surface area contributed by atoms with Gasteiger partial charge in [-0.3, -0.25) is 4.79 Å². The van der Waals surface area contributed by atoms with Crippen molar-refractivity contribution in [1.82, 2.24) is 0 Å². The van der Waals surface area contributed by atoms with E-state index in [0.29, 0.717) is 17.8 Å². The van der Waals surface area contributed by atoms with Gasteiger partial charge in [0.1, 0.15) is 0 Å². The monoisotopic (exact) mass is 255 g/mol. The highest BCUT2D eigenvalue weighted by Crippen LogP contribution is 2.32. The smallest absolute Gasteiger partial charge is 0.307 e. The summed E-state index contributed by atoms with van der Waals surface area (Å²) in [5, 5.41) is 12.9. The van der Waals surface area contributed by atoms with Crippen LogP contribution < -0.4 is 0 Å². The van der Waals surface area contributed by atoms with E-state index in [4.69, 9.17) is 9.94 Å². The Kier molecular flexibility index (Phi) is 4.41. The van der Waals surface area contributed by atoms with E-state index in [2.05, 4.69) is 32.9 Å². The molecule has 0 saturated heterocycles. The zero-order valence-corrected chi connectivity index (χ0v) is 12.1. The molecule has 1 aliphatic rings. The van der Waals surface area contributed by atoms with Crippen LogP contribution in [0.3, 0.4) is 0 Å². The van der Waals surface area contributed by atoms with E-state index in [1.54, 1.807) is 0 Å². The van der Waals surface area contributed by atoms with E-state index in [1.165, 1.54) is 0 Å². The lowest BCUT2D eigenvalue weighted by Gasteiger charge is -2.23. The number of hydrogen-bond acceptors (Lipinski definition) is 3. The molecule has 2 unspecified atom stereocenters. The Balaban J connectivity index is 2.45. The fourth-order valence-electron chi connectivity index (χ4n) is 2.71. The Bertz CT molecular complexity index is 343. The van der Waals surface area contributed by atoms with Crippen molar-refractivity contribution in [2.45, 2.75) is 65.9 Å². The number of carboxylic acids is 1. The molecule has 0 aromatic carbocycles. The first-order valence-corrected chi connectivity index (χ1v) is 6.55. The number of carbonyl (C=O) groups is 1. The molecular formula is C14H25NO3. The Labute approximate surface area is 109 Å². The van der Waals surface area contributed by atoms with Crippen molar-refractivity contribution in [2.24, 2.45) is 16.5 Å². The molecule has 1 N–H and O–H groups in total. The van der Waals surface area contributed by atoms with Crippen LogP contribution in [0.25, 0.3) is 0 Å². The molecule has 18 heavy (non-hydrogen) atoms. The van der Waals surface area contributed by atoms with Crippen molar-refractivity contribution >= 4 is 11.7 Å². The van der Waals surface area contributed by atoms with Gasteiger partial charge in [-0.2, -0.15) is 0 Å². The van der Waals surface area contributed by atoms with Crippen molar-refractivity contribution in [3.8, 4) is 0 Å². The molecule has 1 aliphatic heterocycles. The molecular weight excluding hydrogens is 230 g/mol. The number of oxime groups is 1. The SMILES string of the molecule is CC(CC1=NOC(C)(CC(=O)O)C1)CC(C)(C)C. The van der Waals surface area contributed by atoms with Gasteiger partial charge in [0.25, 0.3) is 0 Å².